The predicted octanol–water partition coefficient (Wildman–Crippen LogP) is 2.64. The Hall–Kier alpha value is -2.28. The van der Waals surface area contributed by atoms with E-state index in [0.717, 1.165) is 19.1 Å². The first-order valence-corrected chi connectivity index (χ1v) is 9.95. The number of benzene rings is 1. The lowest BCUT2D eigenvalue weighted by Gasteiger charge is -2.33. The van der Waals surface area contributed by atoms with Crippen molar-refractivity contribution >= 4 is 15.7 Å². The van der Waals surface area contributed by atoms with Crippen molar-refractivity contribution in [2.24, 2.45) is 0 Å². The van der Waals surface area contributed by atoms with Gasteiger partial charge in [0.1, 0.15) is 5.82 Å². The Morgan fingerprint density at radius 1 is 1.28 bits per heavy atom. The number of aromatic nitrogens is 1. The van der Waals surface area contributed by atoms with E-state index < -0.39 is 15.7 Å². The molecule has 1 atom stereocenters. The van der Waals surface area contributed by atoms with Crippen LogP contribution in [0.2, 0.25) is 0 Å². The molecule has 1 saturated heterocycles. The molecule has 0 bridgehead atoms. The molecule has 25 heavy (non-hydrogen) atoms. The Morgan fingerprint density at radius 2 is 2.08 bits per heavy atom. The van der Waals surface area contributed by atoms with E-state index in [9.17, 15) is 17.6 Å². The molecule has 0 unspecified atom stereocenters. The van der Waals surface area contributed by atoms with Crippen molar-refractivity contribution in [2.45, 2.75) is 23.7 Å². The quantitative estimate of drug-likeness (QED) is 0.842. The lowest BCUT2D eigenvalue weighted by Crippen LogP contribution is -2.39. The smallest absolute Gasteiger partial charge is 0.253 e. The van der Waals surface area contributed by atoms with Crippen molar-refractivity contribution in [3.8, 4) is 0 Å². The molecular weight excluding hydrogens is 343 g/mol. The van der Waals surface area contributed by atoms with Crippen LogP contribution in [0.3, 0.4) is 0 Å². The molecule has 2 heterocycles. The van der Waals surface area contributed by atoms with E-state index >= 15 is 0 Å². The Bertz CT molecular complexity index is 899. The van der Waals surface area contributed by atoms with Crippen molar-refractivity contribution in [1.29, 1.82) is 0 Å². The molecule has 2 aromatic rings. The molecule has 0 spiro atoms. The zero-order chi connectivity index (χ0) is 18.0. The van der Waals surface area contributed by atoms with Gasteiger partial charge in [0.25, 0.3) is 5.91 Å². The molecule has 3 rings (SSSR count). The Balaban J connectivity index is 1.86. The second-order valence-corrected chi connectivity index (χ2v) is 8.24. The van der Waals surface area contributed by atoms with Crippen LogP contribution in [0.4, 0.5) is 4.39 Å². The molecule has 0 aliphatic carbocycles. The third-order valence-electron chi connectivity index (χ3n) is 4.37. The van der Waals surface area contributed by atoms with Crippen molar-refractivity contribution in [2.75, 3.05) is 19.3 Å². The number of sulfone groups is 1. The van der Waals surface area contributed by atoms with Gasteiger partial charge in [0.2, 0.25) is 0 Å². The number of carbonyl (C=O) groups excluding carboxylic acids is 1. The average Bonchev–Trinajstić information content (AvgIpc) is 2.60. The highest BCUT2D eigenvalue weighted by molar-refractivity contribution is 7.90. The number of rotatable bonds is 3. The van der Waals surface area contributed by atoms with Crippen LogP contribution in [0.1, 0.15) is 34.8 Å². The first kappa shape index (κ1) is 17.5. The van der Waals surface area contributed by atoms with E-state index in [1.807, 2.05) is 0 Å². The summed E-state index contributed by atoms with van der Waals surface area (Å²) >= 11 is 0. The molecule has 1 fully saturated rings. The molecule has 1 amide bonds. The Morgan fingerprint density at radius 3 is 2.80 bits per heavy atom. The van der Waals surface area contributed by atoms with Crippen LogP contribution in [0.5, 0.6) is 0 Å². The summed E-state index contributed by atoms with van der Waals surface area (Å²) in [4.78, 5) is 18.8. The molecule has 0 saturated carbocycles. The van der Waals surface area contributed by atoms with E-state index in [4.69, 9.17) is 0 Å². The van der Waals surface area contributed by atoms with Gasteiger partial charge >= 0.3 is 0 Å². The second kappa shape index (κ2) is 6.92. The Labute approximate surface area is 146 Å². The lowest BCUT2D eigenvalue weighted by molar-refractivity contribution is 0.0704. The molecule has 7 heteroatoms. The first-order chi connectivity index (χ1) is 11.9. The summed E-state index contributed by atoms with van der Waals surface area (Å²) in [5.74, 6) is -0.860. The molecule has 1 aromatic carbocycles. The van der Waals surface area contributed by atoms with E-state index in [2.05, 4.69) is 4.98 Å². The van der Waals surface area contributed by atoms with Gasteiger partial charge in [-0.3, -0.25) is 9.78 Å². The van der Waals surface area contributed by atoms with Gasteiger partial charge in [0.05, 0.1) is 10.6 Å². The summed E-state index contributed by atoms with van der Waals surface area (Å²) in [6.07, 6.45) is 4.22. The van der Waals surface area contributed by atoms with Gasteiger partial charge in [-0.25, -0.2) is 12.8 Å². The minimum absolute atomic E-state index is 0.155. The summed E-state index contributed by atoms with van der Waals surface area (Å²) in [7, 11) is -3.39. The number of nitrogens with zero attached hydrogens (tertiary/aromatic N) is 2. The van der Waals surface area contributed by atoms with Gasteiger partial charge in [0.15, 0.2) is 9.84 Å². The molecule has 1 aliphatic heterocycles. The van der Waals surface area contributed by atoms with E-state index in [1.165, 1.54) is 18.2 Å². The standard InChI is InChI=1S/C18H19FN2O3S/c1-25(23,24)16-8-3-9-20-17(16)14-6-4-10-21(12-14)18(22)13-5-2-7-15(19)11-13/h2-3,5,7-9,11,14H,4,6,10,12H2,1H3/t14-/m1/s1. The zero-order valence-electron chi connectivity index (χ0n) is 13.9. The molecule has 1 aliphatic rings. The number of halogens is 1. The van der Waals surface area contributed by atoms with Gasteiger partial charge in [-0.15, -0.1) is 0 Å². The molecule has 132 valence electrons. The van der Waals surface area contributed by atoms with Gasteiger partial charge in [0, 0.05) is 37.0 Å². The third-order valence-corrected chi connectivity index (χ3v) is 5.51. The second-order valence-electron chi connectivity index (χ2n) is 6.26. The van der Waals surface area contributed by atoms with Crippen molar-refractivity contribution in [3.63, 3.8) is 0 Å². The maximum absolute atomic E-state index is 13.4. The SMILES string of the molecule is CS(=O)(=O)c1cccnc1[C@@H]1CCCN(C(=O)c2cccc(F)c2)C1. The van der Waals surface area contributed by atoms with E-state index in [-0.39, 0.29) is 16.7 Å². The van der Waals surface area contributed by atoms with Gasteiger partial charge < -0.3 is 4.90 Å². The van der Waals surface area contributed by atoms with Crippen LogP contribution >= 0.6 is 0 Å². The number of likely N-dealkylation sites (tertiary alicyclic amines) is 1. The fourth-order valence-corrected chi connectivity index (χ4v) is 4.14. The lowest BCUT2D eigenvalue weighted by atomic mass is 9.93. The zero-order valence-corrected chi connectivity index (χ0v) is 14.7. The van der Waals surface area contributed by atoms with Crippen LogP contribution in [0, 0.1) is 5.82 Å². The van der Waals surface area contributed by atoms with Crippen molar-refractivity contribution in [3.05, 3.63) is 59.7 Å². The largest absolute Gasteiger partial charge is 0.338 e. The minimum Gasteiger partial charge on any atom is -0.338 e. The maximum Gasteiger partial charge on any atom is 0.253 e. The number of pyridine rings is 1. The van der Waals surface area contributed by atoms with Crippen molar-refractivity contribution < 1.29 is 17.6 Å². The highest BCUT2D eigenvalue weighted by Gasteiger charge is 2.29. The molecular formula is C18H19FN2O3S. The molecule has 0 radical (unpaired) electrons. The summed E-state index contributed by atoms with van der Waals surface area (Å²) < 4.78 is 37.4. The Kier molecular flexibility index (Phi) is 4.85. The average molecular weight is 362 g/mol. The summed E-state index contributed by atoms with van der Waals surface area (Å²) in [5, 5.41) is 0. The summed E-state index contributed by atoms with van der Waals surface area (Å²) in [6, 6.07) is 8.74. The number of amides is 1. The summed E-state index contributed by atoms with van der Waals surface area (Å²) in [6.45, 7) is 0.932. The highest BCUT2D eigenvalue weighted by atomic mass is 32.2. The number of hydrogen-bond acceptors (Lipinski definition) is 4. The van der Waals surface area contributed by atoms with Gasteiger partial charge in [-0.2, -0.15) is 0 Å². The fourth-order valence-electron chi connectivity index (χ4n) is 3.21. The minimum atomic E-state index is -3.39. The monoisotopic (exact) mass is 362 g/mol. The van der Waals surface area contributed by atoms with Gasteiger partial charge in [-0.1, -0.05) is 6.07 Å². The maximum atomic E-state index is 13.4. The summed E-state index contributed by atoms with van der Waals surface area (Å²) in [5.41, 5.74) is 0.798. The van der Waals surface area contributed by atoms with E-state index in [0.29, 0.717) is 24.3 Å². The van der Waals surface area contributed by atoms with Crippen LogP contribution < -0.4 is 0 Å². The topological polar surface area (TPSA) is 67.3 Å². The van der Waals surface area contributed by atoms with Crippen LogP contribution in [0.25, 0.3) is 0 Å². The van der Waals surface area contributed by atoms with E-state index in [1.54, 1.807) is 29.3 Å². The van der Waals surface area contributed by atoms with Crippen molar-refractivity contribution in [1.82, 2.24) is 9.88 Å². The van der Waals surface area contributed by atoms with Gasteiger partial charge in [-0.05, 0) is 43.2 Å². The fraction of sp³-hybridized carbons (Fsp3) is 0.333. The first-order valence-electron chi connectivity index (χ1n) is 8.06. The molecule has 0 N–H and O–H groups in total. The van der Waals surface area contributed by atoms with Crippen LogP contribution in [0.15, 0.2) is 47.5 Å². The van der Waals surface area contributed by atoms with Crippen LogP contribution in [-0.4, -0.2) is 43.6 Å². The normalized spacial score (nSPS) is 18.2. The molecule has 5 nitrogen and oxygen atoms in total. The highest BCUT2D eigenvalue weighted by Crippen LogP contribution is 2.30. The number of piperidine rings is 1. The number of hydrogen-bond donors (Lipinski definition) is 0. The predicted molar refractivity (Wildman–Crippen MR) is 91.6 cm³/mol. The van der Waals surface area contributed by atoms with Crippen LogP contribution in [-0.2, 0) is 9.84 Å². The third kappa shape index (κ3) is 3.87. The molecule has 1 aromatic heterocycles. The number of carbonyl (C=O) groups is 1.